The first-order valence-electron chi connectivity index (χ1n) is 7.97. The topological polar surface area (TPSA) is 33.7 Å². The summed E-state index contributed by atoms with van der Waals surface area (Å²) in [6, 6.07) is 6.18. The van der Waals surface area contributed by atoms with Crippen molar-refractivity contribution in [3.05, 3.63) is 23.8 Å². The Morgan fingerprint density at radius 3 is 2.67 bits per heavy atom. The third kappa shape index (κ3) is 3.01. The van der Waals surface area contributed by atoms with Gasteiger partial charge in [0.15, 0.2) is 11.5 Å². The molecule has 0 amide bonds. The highest BCUT2D eigenvalue weighted by Gasteiger charge is 2.38. The van der Waals surface area contributed by atoms with Gasteiger partial charge in [-0.3, -0.25) is 0 Å². The van der Waals surface area contributed by atoms with Crippen molar-refractivity contribution in [2.45, 2.75) is 37.8 Å². The molecule has 116 valence electrons. The molecule has 0 atom stereocenters. The molecule has 1 fully saturated rings. The van der Waals surface area contributed by atoms with Crippen LogP contribution < -0.4 is 14.8 Å². The largest absolute Gasteiger partial charge is 0.490 e. The van der Waals surface area contributed by atoms with Gasteiger partial charge in [-0.1, -0.05) is 12.1 Å². The van der Waals surface area contributed by atoms with E-state index in [1.807, 2.05) is 6.07 Å². The van der Waals surface area contributed by atoms with Gasteiger partial charge in [-0.05, 0) is 39.4 Å². The molecule has 0 aromatic heterocycles. The van der Waals surface area contributed by atoms with Crippen LogP contribution >= 0.6 is 0 Å². The third-order valence-corrected chi connectivity index (χ3v) is 4.86. The molecule has 0 saturated heterocycles. The fraction of sp³-hybridized carbons (Fsp3) is 0.647. The molecule has 4 nitrogen and oxygen atoms in total. The van der Waals surface area contributed by atoms with Gasteiger partial charge in [0.25, 0.3) is 0 Å². The van der Waals surface area contributed by atoms with E-state index < -0.39 is 0 Å². The number of rotatable bonds is 5. The SMILES string of the molecule is CN(C)C1(CNCc2cccc3c2OCCCO3)CCC1. The van der Waals surface area contributed by atoms with Crippen molar-refractivity contribution in [3.63, 3.8) is 0 Å². The predicted octanol–water partition coefficient (Wildman–Crippen LogP) is 2.42. The van der Waals surface area contributed by atoms with Crippen LogP contribution in [0.3, 0.4) is 0 Å². The smallest absolute Gasteiger partial charge is 0.165 e. The molecule has 1 N–H and O–H groups in total. The van der Waals surface area contributed by atoms with Gasteiger partial charge in [0.1, 0.15) is 0 Å². The van der Waals surface area contributed by atoms with E-state index in [4.69, 9.17) is 9.47 Å². The minimum Gasteiger partial charge on any atom is -0.490 e. The molecular formula is C17H26N2O2. The summed E-state index contributed by atoms with van der Waals surface area (Å²) in [6.45, 7) is 3.35. The minimum atomic E-state index is 0.350. The lowest BCUT2D eigenvalue weighted by Crippen LogP contribution is -2.56. The van der Waals surface area contributed by atoms with Crippen LogP contribution in [0.2, 0.25) is 0 Å². The molecule has 0 radical (unpaired) electrons. The third-order valence-electron chi connectivity index (χ3n) is 4.86. The molecule has 4 heteroatoms. The fourth-order valence-electron chi connectivity index (χ4n) is 3.19. The zero-order valence-corrected chi connectivity index (χ0v) is 13.2. The van der Waals surface area contributed by atoms with Gasteiger partial charge in [-0.15, -0.1) is 0 Å². The fourth-order valence-corrected chi connectivity index (χ4v) is 3.19. The number of nitrogens with zero attached hydrogens (tertiary/aromatic N) is 1. The second-order valence-electron chi connectivity index (χ2n) is 6.37. The van der Waals surface area contributed by atoms with E-state index in [2.05, 4.69) is 36.4 Å². The first-order chi connectivity index (χ1) is 10.2. The van der Waals surface area contributed by atoms with Crippen molar-refractivity contribution in [1.29, 1.82) is 0 Å². The molecular weight excluding hydrogens is 264 g/mol. The maximum absolute atomic E-state index is 5.87. The Kier molecular flexibility index (Phi) is 4.36. The molecule has 21 heavy (non-hydrogen) atoms. The minimum absolute atomic E-state index is 0.350. The van der Waals surface area contributed by atoms with Gasteiger partial charge in [-0.2, -0.15) is 0 Å². The monoisotopic (exact) mass is 290 g/mol. The van der Waals surface area contributed by atoms with E-state index in [9.17, 15) is 0 Å². The van der Waals surface area contributed by atoms with Crippen LogP contribution in [0.4, 0.5) is 0 Å². The van der Waals surface area contributed by atoms with Crippen LogP contribution in [0.25, 0.3) is 0 Å². The number of ether oxygens (including phenoxy) is 2. The molecule has 1 aromatic carbocycles. The maximum Gasteiger partial charge on any atom is 0.165 e. The molecule has 1 heterocycles. The summed E-state index contributed by atoms with van der Waals surface area (Å²) in [5, 5.41) is 3.62. The zero-order chi connectivity index (χ0) is 14.7. The van der Waals surface area contributed by atoms with Crippen LogP contribution in [0, 0.1) is 0 Å². The van der Waals surface area contributed by atoms with E-state index in [1.54, 1.807) is 0 Å². The van der Waals surface area contributed by atoms with E-state index in [0.29, 0.717) is 5.54 Å². The number of para-hydroxylation sites is 1. The van der Waals surface area contributed by atoms with Gasteiger partial charge in [0, 0.05) is 30.6 Å². The Balaban J connectivity index is 1.63. The zero-order valence-electron chi connectivity index (χ0n) is 13.2. The van der Waals surface area contributed by atoms with E-state index >= 15 is 0 Å². The average Bonchev–Trinajstić information content (AvgIpc) is 2.67. The molecule has 1 aromatic rings. The van der Waals surface area contributed by atoms with Crippen molar-refractivity contribution in [2.24, 2.45) is 0 Å². The molecule has 1 aliphatic carbocycles. The quantitative estimate of drug-likeness (QED) is 0.903. The van der Waals surface area contributed by atoms with E-state index in [-0.39, 0.29) is 0 Å². The highest BCUT2D eigenvalue weighted by molar-refractivity contribution is 5.47. The Labute approximate surface area is 127 Å². The van der Waals surface area contributed by atoms with Crippen LogP contribution in [-0.2, 0) is 6.54 Å². The van der Waals surface area contributed by atoms with Crippen molar-refractivity contribution in [2.75, 3.05) is 33.9 Å². The number of nitrogens with one attached hydrogen (secondary N) is 1. The lowest BCUT2D eigenvalue weighted by molar-refractivity contribution is 0.0597. The van der Waals surface area contributed by atoms with Crippen LogP contribution in [-0.4, -0.2) is 44.3 Å². The van der Waals surface area contributed by atoms with Crippen LogP contribution in [0.5, 0.6) is 11.5 Å². The lowest BCUT2D eigenvalue weighted by Gasteiger charge is -2.47. The lowest BCUT2D eigenvalue weighted by atomic mass is 9.75. The Bertz CT molecular complexity index is 484. The first kappa shape index (κ1) is 14.7. The Hall–Kier alpha value is -1.26. The molecule has 0 bridgehead atoms. The van der Waals surface area contributed by atoms with Crippen LogP contribution in [0.15, 0.2) is 18.2 Å². The highest BCUT2D eigenvalue weighted by Crippen LogP contribution is 2.36. The maximum atomic E-state index is 5.87. The standard InChI is InChI=1S/C17H26N2O2/c1-19(2)17(8-4-9-17)13-18-12-14-6-3-7-15-16(14)21-11-5-10-20-15/h3,6-7,18H,4-5,8-13H2,1-2H3. The van der Waals surface area contributed by atoms with Gasteiger partial charge < -0.3 is 19.7 Å². The van der Waals surface area contributed by atoms with Crippen molar-refractivity contribution < 1.29 is 9.47 Å². The summed E-state index contributed by atoms with van der Waals surface area (Å²) < 4.78 is 11.6. The molecule has 3 rings (SSSR count). The molecule has 0 unspecified atom stereocenters. The summed E-state index contributed by atoms with van der Waals surface area (Å²) in [6.07, 6.45) is 4.88. The first-order valence-corrected chi connectivity index (χ1v) is 7.97. The second-order valence-corrected chi connectivity index (χ2v) is 6.37. The van der Waals surface area contributed by atoms with Gasteiger partial charge in [0.05, 0.1) is 13.2 Å². The number of fused-ring (bicyclic) bond motifs is 1. The highest BCUT2D eigenvalue weighted by atomic mass is 16.5. The summed E-state index contributed by atoms with van der Waals surface area (Å²) in [7, 11) is 4.37. The Morgan fingerprint density at radius 2 is 1.95 bits per heavy atom. The van der Waals surface area contributed by atoms with Crippen molar-refractivity contribution in [3.8, 4) is 11.5 Å². The van der Waals surface area contributed by atoms with E-state index in [0.717, 1.165) is 44.2 Å². The van der Waals surface area contributed by atoms with Gasteiger partial charge in [0.2, 0.25) is 0 Å². The van der Waals surface area contributed by atoms with E-state index in [1.165, 1.54) is 24.8 Å². The number of likely N-dealkylation sites (N-methyl/N-ethyl adjacent to an activating group) is 1. The normalized spacial score (nSPS) is 20.0. The average molecular weight is 290 g/mol. The Morgan fingerprint density at radius 1 is 1.14 bits per heavy atom. The number of hydrogen-bond donors (Lipinski definition) is 1. The number of benzene rings is 1. The van der Waals surface area contributed by atoms with Crippen molar-refractivity contribution in [1.82, 2.24) is 10.2 Å². The second kappa shape index (κ2) is 6.24. The number of hydrogen-bond acceptors (Lipinski definition) is 4. The summed E-state index contributed by atoms with van der Waals surface area (Å²) >= 11 is 0. The summed E-state index contributed by atoms with van der Waals surface area (Å²) in [5.74, 6) is 1.81. The predicted molar refractivity (Wildman–Crippen MR) is 84.0 cm³/mol. The van der Waals surface area contributed by atoms with Gasteiger partial charge >= 0.3 is 0 Å². The molecule has 2 aliphatic rings. The molecule has 0 spiro atoms. The molecule has 1 aliphatic heterocycles. The molecule has 1 saturated carbocycles. The summed E-state index contributed by atoms with van der Waals surface area (Å²) in [5.41, 5.74) is 1.55. The van der Waals surface area contributed by atoms with Gasteiger partial charge in [-0.25, -0.2) is 0 Å². The van der Waals surface area contributed by atoms with Crippen LogP contribution in [0.1, 0.15) is 31.2 Å². The summed E-state index contributed by atoms with van der Waals surface area (Å²) in [4.78, 5) is 2.37. The van der Waals surface area contributed by atoms with Crippen molar-refractivity contribution >= 4 is 0 Å².